The predicted molar refractivity (Wildman–Crippen MR) is 95.5 cm³/mol. The second kappa shape index (κ2) is 7.90. The molecule has 0 aliphatic carbocycles. The van der Waals surface area contributed by atoms with Crippen molar-refractivity contribution in [3.63, 3.8) is 0 Å². The lowest BCUT2D eigenvalue weighted by Crippen LogP contribution is -2.26. The van der Waals surface area contributed by atoms with E-state index in [1.807, 2.05) is 18.4 Å². The number of methoxy groups -OCH3 is 1. The highest BCUT2D eigenvalue weighted by Gasteiger charge is 2.32. The Bertz CT molecular complexity index is 916. The molecule has 0 saturated carbocycles. The quantitative estimate of drug-likeness (QED) is 0.683. The Morgan fingerprint density at radius 1 is 1.30 bits per heavy atom. The third-order valence-corrected chi connectivity index (χ3v) is 4.59. The monoisotopic (exact) mass is 404 g/mol. The van der Waals surface area contributed by atoms with Crippen LogP contribution in [0.4, 0.5) is 13.2 Å². The van der Waals surface area contributed by atoms with Gasteiger partial charge in [0.1, 0.15) is 5.02 Å². The van der Waals surface area contributed by atoms with Gasteiger partial charge in [0.25, 0.3) is 5.56 Å². The van der Waals surface area contributed by atoms with E-state index < -0.39 is 34.6 Å². The number of aryl methyl sites for hydroxylation is 1. The second-order valence-electron chi connectivity index (χ2n) is 6.39. The van der Waals surface area contributed by atoms with Gasteiger partial charge >= 0.3 is 6.18 Å². The van der Waals surface area contributed by atoms with Crippen LogP contribution in [-0.4, -0.2) is 28.6 Å². The van der Waals surface area contributed by atoms with Crippen molar-refractivity contribution in [2.24, 2.45) is 0 Å². The fraction of sp³-hybridized carbons (Fsp3) is 0.444. The molecule has 2 rings (SSSR count). The molecule has 0 saturated heterocycles. The number of carbonyl (C=O) groups is 1. The van der Waals surface area contributed by atoms with Crippen molar-refractivity contribution in [1.82, 2.24) is 9.13 Å². The van der Waals surface area contributed by atoms with E-state index in [0.29, 0.717) is 34.7 Å². The molecule has 148 valence electrons. The Morgan fingerprint density at radius 3 is 2.48 bits per heavy atom. The molecule has 5 nitrogen and oxygen atoms in total. The molecule has 2 heterocycles. The van der Waals surface area contributed by atoms with Crippen LogP contribution in [0.5, 0.6) is 0 Å². The van der Waals surface area contributed by atoms with Gasteiger partial charge in [0.15, 0.2) is 5.78 Å². The van der Waals surface area contributed by atoms with Gasteiger partial charge in [-0.05, 0) is 32.9 Å². The summed E-state index contributed by atoms with van der Waals surface area (Å²) in [5.41, 5.74) is -0.113. The zero-order valence-electron chi connectivity index (χ0n) is 15.4. The Morgan fingerprint density at radius 2 is 1.93 bits per heavy atom. The highest BCUT2D eigenvalue weighted by molar-refractivity contribution is 6.30. The molecule has 2 aromatic rings. The van der Waals surface area contributed by atoms with Crippen molar-refractivity contribution < 1.29 is 22.7 Å². The van der Waals surface area contributed by atoms with Gasteiger partial charge in [0.2, 0.25) is 0 Å². The highest BCUT2D eigenvalue weighted by Crippen LogP contribution is 2.29. The zero-order chi connectivity index (χ0) is 20.5. The molecule has 9 heteroatoms. The van der Waals surface area contributed by atoms with Crippen LogP contribution in [0.3, 0.4) is 0 Å². The summed E-state index contributed by atoms with van der Waals surface area (Å²) in [6.07, 6.45) is -4.06. The van der Waals surface area contributed by atoms with Crippen LogP contribution in [0, 0.1) is 13.8 Å². The van der Waals surface area contributed by atoms with Crippen LogP contribution in [0.1, 0.15) is 40.3 Å². The fourth-order valence-corrected chi connectivity index (χ4v) is 3.39. The summed E-state index contributed by atoms with van der Waals surface area (Å²) >= 11 is 5.63. The normalized spacial score (nSPS) is 13.0. The number of nitrogens with zero attached hydrogens (tertiary/aromatic N) is 2. The number of ketones is 1. The summed E-state index contributed by atoms with van der Waals surface area (Å²) in [5.74, 6) is -0.476. The van der Waals surface area contributed by atoms with Gasteiger partial charge < -0.3 is 13.9 Å². The minimum absolute atomic E-state index is 0.0257. The first-order valence-corrected chi connectivity index (χ1v) is 8.53. The molecule has 1 atom stereocenters. The van der Waals surface area contributed by atoms with E-state index in [1.165, 1.54) is 0 Å². The minimum atomic E-state index is -4.67. The van der Waals surface area contributed by atoms with E-state index in [-0.39, 0.29) is 6.04 Å². The average molecular weight is 405 g/mol. The molecule has 27 heavy (non-hydrogen) atoms. The molecule has 0 radical (unpaired) electrons. The highest BCUT2D eigenvalue weighted by atomic mass is 35.5. The standard InChI is InChI=1S/C18H20ClF3N2O3/c1-10-5-14(12(3)24(10)11(2)9-27-4)16(25)8-23-7-13(18(20,21)22)6-15(19)17(23)26/h5-7,11H,8-9H2,1-4H3/t11-/m0/s1. The van der Waals surface area contributed by atoms with Crippen molar-refractivity contribution in [2.75, 3.05) is 13.7 Å². The van der Waals surface area contributed by atoms with E-state index in [1.54, 1.807) is 20.1 Å². The maximum atomic E-state index is 12.9. The van der Waals surface area contributed by atoms with Crippen molar-refractivity contribution in [2.45, 2.75) is 39.5 Å². The SMILES string of the molecule is COC[C@H](C)n1c(C)cc(C(=O)Cn2cc(C(F)(F)F)cc(Cl)c2=O)c1C. The summed E-state index contributed by atoms with van der Waals surface area (Å²) in [5, 5.41) is -0.586. The number of hydrogen-bond donors (Lipinski definition) is 0. The van der Waals surface area contributed by atoms with Crippen molar-refractivity contribution in [3.8, 4) is 0 Å². The molecular weight excluding hydrogens is 385 g/mol. The van der Waals surface area contributed by atoms with Crippen LogP contribution in [-0.2, 0) is 17.5 Å². The number of Topliss-reactive ketones (excluding diaryl/α,β-unsaturated/α-hetero) is 1. The first kappa shape index (κ1) is 21.2. The number of aromatic nitrogens is 2. The summed E-state index contributed by atoms with van der Waals surface area (Å²) < 4.78 is 46.6. The number of rotatable bonds is 6. The molecule has 0 aliphatic rings. The fourth-order valence-electron chi connectivity index (χ4n) is 3.16. The lowest BCUT2D eigenvalue weighted by molar-refractivity contribution is -0.138. The van der Waals surface area contributed by atoms with Gasteiger partial charge in [-0.2, -0.15) is 13.2 Å². The van der Waals surface area contributed by atoms with Crippen molar-refractivity contribution >= 4 is 17.4 Å². The Balaban J connectivity index is 2.40. The Kier molecular flexibility index (Phi) is 6.21. The van der Waals surface area contributed by atoms with E-state index in [4.69, 9.17) is 16.3 Å². The van der Waals surface area contributed by atoms with Gasteiger partial charge in [-0.25, -0.2) is 0 Å². The molecule has 0 aliphatic heterocycles. The second-order valence-corrected chi connectivity index (χ2v) is 6.80. The van der Waals surface area contributed by atoms with E-state index in [9.17, 15) is 22.8 Å². The van der Waals surface area contributed by atoms with Gasteiger partial charge in [-0.1, -0.05) is 11.6 Å². The molecule has 0 aromatic carbocycles. The van der Waals surface area contributed by atoms with Crippen LogP contribution in [0.2, 0.25) is 5.02 Å². The lowest BCUT2D eigenvalue weighted by atomic mass is 10.1. The molecule has 0 amide bonds. The zero-order valence-corrected chi connectivity index (χ0v) is 16.1. The van der Waals surface area contributed by atoms with Gasteiger partial charge in [0, 0.05) is 30.3 Å². The molecule has 0 bridgehead atoms. The first-order chi connectivity index (χ1) is 12.5. The summed E-state index contributed by atoms with van der Waals surface area (Å²) in [4.78, 5) is 24.7. The van der Waals surface area contributed by atoms with Crippen LogP contribution < -0.4 is 5.56 Å². The number of alkyl halides is 3. The lowest BCUT2D eigenvalue weighted by Gasteiger charge is -2.17. The molecule has 0 fully saturated rings. The topological polar surface area (TPSA) is 53.2 Å². The smallest absolute Gasteiger partial charge is 0.383 e. The third-order valence-electron chi connectivity index (χ3n) is 4.32. The summed E-state index contributed by atoms with van der Waals surface area (Å²) in [6, 6.07) is 2.19. The van der Waals surface area contributed by atoms with Crippen molar-refractivity contribution in [3.05, 3.63) is 56.2 Å². The number of hydrogen-bond acceptors (Lipinski definition) is 3. The molecule has 0 N–H and O–H groups in total. The maximum absolute atomic E-state index is 12.9. The van der Waals surface area contributed by atoms with Gasteiger partial charge in [-0.3, -0.25) is 9.59 Å². The minimum Gasteiger partial charge on any atom is -0.383 e. The number of halogens is 4. The number of pyridine rings is 1. The first-order valence-electron chi connectivity index (χ1n) is 8.15. The van der Waals surface area contributed by atoms with Crippen LogP contribution in [0.25, 0.3) is 0 Å². The largest absolute Gasteiger partial charge is 0.417 e. The maximum Gasteiger partial charge on any atom is 0.417 e. The Labute approximate surface area is 159 Å². The molecular formula is C18H20ClF3N2O3. The predicted octanol–water partition coefficient (Wildman–Crippen LogP) is 4.03. The molecule has 0 unspecified atom stereocenters. The van der Waals surface area contributed by atoms with E-state index in [0.717, 1.165) is 5.69 Å². The summed E-state index contributed by atoms with van der Waals surface area (Å²) in [6.45, 7) is 5.39. The van der Waals surface area contributed by atoms with E-state index >= 15 is 0 Å². The average Bonchev–Trinajstić information content (AvgIpc) is 2.85. The van der Waals surface area contributed by atoms with E-state index in [2.05, 4.69) is 0 Å². The van der Waals surface area contributed by atoms with Gasteiger partial charge in [0.05, 0.1) is 24.8 Å². The van der Waals surface area contributed by atoms with Crippen LogP contribution in [0.15, 0.2) is 23.1 Å². The third kappa shape index (κ3) is 4.44. The summed E-state index contributed by atoms with van der Waals surface area (Å²) in [7, 11) is 1.57. The van der Waals surface area contributed by atoms with Crippen LogP contribution >= 0.6 is 11.6 Å². The van der Waals surface area contributed by atoms with Gasteiger partial charge in [-0.15, -0.1) is 0 Å². The number of ether oxygens (including phenoxy) is 1. The molecule has 2 aromatic heterocycles. The number of carbonyl (C=O) groups excluding carboxylic acids is 1. The Hall–Kier alpha value is -2.06. The van der Waals surface area contributed by atoms with Crippen molar-refractivity contribution in [1.29, 1.82) is 0 Å². The molecule has 0 spiro atoms.